The molecule has 2 heterocycles. The molecule has 1 fully saturated rings. The summed E-state index contributed by atoms with van der Waals surface area (Å²) in [6, 6.07) is 0.191. The molecule has 0 unspecified atom stereocenters. The van der Waals surface area contributed by atoms with E-state index in [2.05, 4.69) is 15.1 Å². The third-order valence-electron chi connectivity index (χ3n) is 5.01. The van der Waals surface area contributed by atoms with Crippen LogP contribution in [0.3, 0.4) is 0 Å². The van der Waals surface area contributed by atoms with Gasteiger partial charge in [-0.1, -0.05) is 12.8 Å². The van der Waals surface area contributed by atoms with Crippen molar-refractivity contribution in [3.8, 4) is 0 Å². The molecular weight excluding hydrogens is 426 g/mol. The van der Waals surface area contributed by atoms with Crippen LogP contribution in [0.25, 0.3) is 11.0 Å². The molecule has 0 atom stereocenters. The van der Waals surface area contributed by atoms with Gasteiger partial charge in [0, 0.05) is 6.54 Å². The molecule has 1 amide bonds. The molecule has 3 rings (SSSR count). The van der Waals surface area contributed by atoms with Gasteiger partial charge in [0.2, 0.25) is 0 Å². The zero-order chi connectivity index (χ0) is 22.8. The summed E-state index contributed by atoms with van der Waals surface area (Å²) in [5, 5.41) is 4.73. The molecule has 12 heteroatoms. The van der Waals surface area contributed by atoms with Crippen LogP contribution in [0.15, 0.2) is 11.0 Å². The molecule has 0 aromatic carbocycles. The number of nitrogens with one attached hydrogen (secondary N) is 1. The number of fused-ring (bicyclic) bond motifs is 1. The van der Waals surface area contributed by atoms with Gasteiger partial charge in [-0.3, -0.25) is 9.35 Å². The maximum Gasteiger partial charge on any atom is 0.410 e. The molecule has 1 saturated carbocycles. The Morgan fingerprint density at radius 3 is 2.65 bits per heavy atom. The van der Waals surface area contributed by atoms with E-state index >= 15 is 0 Å². The van der Waals surface area contributed by atoms with E-state index in [0.717, 1.165) is 25.7 Å². The van der Waals surface area contributed by atoms with Gasteiger partial charge in [-0.2, -0.15) is 13.5 Å². The minimum Gasteiger partial charge on any atom is -0.444 e. The Labute approximate surface area is 180 Å². The lowest BCUT2D eigenvalue weighted by Gasteiger charge is -2.27. The standard InChI is InChI=1S/C19H29N5O6S/c1-19(2,3)30-18(26)23(9-6-10-31(27,28)29)12-15-21-16-14(17(25)22-15)11-20-24(16)13-7-4-5-8-13/h11,13H,4-10,12H2,1-3H3,(H,21,22,25)(H,27,28,29). The molecule has 0 bridgehead atoms. The number of nitrogens with zero attached hydrogens (tertiary/aromatic N) is 4. The molecule has 172 valence electrons. The van der Waals surface area contributed by atoms with E-state index in [9.17, 15) is 18.0 Å². The fourth-order valence-electron chi connectivity index (χ4n) is 3.65. The predicted molar refractivity (Wildman–Crippen MR) is 113 cm³/mol. The monoisotopic (exact) mass is 455 g/mol. The number of aromatic nitrogens is 4. The number of carbonyl (C=O) groups excluding carboxylic acids is 1. The van der Waals surface area contributed by atoms with Gasteiger partial charge >= 0.3 is 6.09 Å². The zero-order valence-electron chi connectivity index (χ0n) is 18.0. The van der Waals surface area contributed by atoms with Crippen molar-refractivity contribution in [2.75, 3.05) is 12.3 Å². The quantitative estimate of drug-likeness (QED) is 0.604. The van der Waals surface area contributed by atoms with Crippen LogP contribution in [0.4, 0.5) is 4.79 Å². The zero-order valence-corrected chi connectivity index (χ0v) is 18.8. The van der Waals surface area contributed by atoms with Crippen molar-refractivity contribution in [1.82, 2.24) is 24.6 Å². The Morgan fingerprint density at radius 2 is 2.03 bits per heavy atom. The molecule has 0 saturated heterocycles. The SMILES string of the molecule is CC(C)(C)OC(=O)N(CCCS(=O)(=O)O)Cc1nc2c(cnn2C2CCCC2)c(=O)[nH]1. The highest BCUT2D eigenvalue weighted by atomic mass is 32.2. The van der Waals surface area contributed by atoms with Gasteiger partial charge in [0.15, 0.2) is 5.65 Å². The van der Waals surface area contributed by atoms with Gasteiger partial charge < -0.3 is 14.6 Å². The van der Waals surface area contributed by atoms with Crippen molar-refractivity contribution in [3.05, 3.63) is 22.4 Å². The Morgan fingerprint density at radius 1 is 1.35 bits per heavy atom. The number of hydrogen-bond acceptors (Lipinski definition) is 7. The second-order valence-corrected chi connectivity index (χ2v) is 10.4. The largest absolute Gasteiger partial charge is 0.444 e. The summed E-state index contributed by atoms with van der Waals surface area (Å²) in [6.45, 7) is 5.06. The van der Waals surface area contributed by atoms with Crippen LogP contribution in [-0.2, 0) is 21.4 Å². The van der Waals surface area contributed by atoms with Crippen LogP contribution in [0.5, 0.6) is 0 Å². The molecule has 0 spiro atoms. The summed E-state index contributed by atoms with van der Waals surface area (Å²) < 4.78 is 38.2. The lowest BCUT2D eigenvalue weighted by molar-refractivity contribution is 0.0229. The number of rotatable bonds is 7. The van der Waals surface area contributed by atoms with E-state index in [-0.39, 0.29) is 36.9 Å². The van der Waals surface area contributed by atoms with Crippen LogP contribution >= 0.6 is 0 Å². The first kappa shape index (κ1) is 23.2. The summed E-state index contributed by atoms with van der Waals surface area (Å²) in [7, 11) is -4.16. The molecule has 0 radical (unpaired) electrons. The Bertz CT molecular complexity index is 1100. The molecule has 2 N–H and O–H groups in total. The van der Waals surface area contributed by atoms with E-state index in [1.54, 1.807) is 25.5 Å². The topological polar surface area (TPSA) is 147 Å². The van der Waals surface area contributed by atoms with Crippen molar-refractivity contribution in [2.45, 2.75) is 71.1 Å². The first-order valence-electron chi connectivity index (χ1n) is 10.3. The molecular formula is C19H29N5O6S. The average Bonchev–Trinajstić information content (AvgIpc) is 3.27. The number of H-pyrrole nitrogens is 1. The molecule has 11 nitrogen and oxygen atoms in total. The number of ether oxygens (including phenoxy) is 1. The molecule has 31 heavy (non-hydrogen) atoms. The Balaban J connectivity index is 1.87. The fraction of sp³-hybridized carbons (Fsp3) is 0.684. The van der Waals surface area contributed by atoms with Crippen molar-refractivity contribution in [2.24, 2.45) is 0 Å². The highest BCUT2D eigenvalue weighted by Gasteiger charge is 2.25. The second kappa shape index (κ2) is 8.95. The first-order chi connectivity index (χ1) is 14.4. The summed E-state index contributed by atoms with van der Waals surface area (Å²) in [4.78, 5) is 33.7. The highest BCUT2D eigenvalue weighted by Crippen LogP contribution is 2.30. The Hall–Kier alpha value is -2.47. The van der Waals surface area contributed by atoms with Crippen LogP contribution in [-0.4, -0.2) is 61.6 Å². The van der Waals surface area contributed by atoms with Crippen molar-refractivity contribution < 1.29 is 22.5 Å². The van der Waals surface area contributed by atoms with Crippen molar-refractivity contribution >= 4 is 27.2 Å². The molecule has 0 aliphatic heterocycles. The predicted octanol–water partition coefficient (Wildman–Crippen LogP) is 2.25. The minimum atomic E-state index is -4.16. The molecule has 1 aliphatic rings. The van der Waals surface area contributed by atoms with Gasteiger partial charge in [0.25, 0.3) is 15.7 Å². The second-order valence-electron chi connectivity index (χ2n) is 8.82. The van der Waals surface area contributed by atoms with Crippen LogP contribution in [0, 0.1) is 0 Å². The average molecular weight is 456 g/mol. The summed E-state index contributed by atoms with van der Waals surface area (Å²) in [5.41, 5.74) is -0.649. The van der Waals surface area contributed by atoms with E-state index in [0.29, 0.717) is 11.0 Å². The smallest absolute Gasteiger partial charge is 0.410 e. The van der Waals surface area contributed by atoms with Gasteiger partial charge in [-0.15, -0.1) is 0 Å². The number of amides is 1. The third-order valence-corrected chi connectivity index (χ3v) is 5.81. The van der Waals surface area contributed by atoms with Gasteiger partial charge in [0.1, 0.15) is 16.8 Å². The van der Waals surface area contributed by atoms with Gasteiger partial charge in [-0.05, 0) is 40.0 Å². The maximum absolute atomic E-state index is 12.6. The first-order valence-corrected chi connectivity index (χ1v) is 11.9. The van der Waals surface area contributed by atoms with Crippen molar-refractivity contribution in [3.63, 3.8) is 0 Å². The fourth-order valence-corrected chi connectivity index (χ4v) is 4.15. The van der Waals surface area contributed by atoms with Crippen LogP contribution in [0.2, 0.25) is 0 Å². The van der Waals surface area contributed by atoms with Gasteiger partial charge in [0.05, 0.1) is 24.5 Å². The van der Waals surface area contributed by atoms with E-state index in [4.69, 9.17) is 9.29 Å². The molecule has 2 aromatic heterocycles. The van der Waals surface area contributed by atoms with E-state index < -0.39 is 27.6 Å². The normalized spacial score (nSPS) is 15.5. The van der Waals surface area contributed by atoms with Crippen LogP contribution in [0.1, 0.15) is 64.7 Å². The van der Waals surface area contributed by atoms with E-state index in [1.165, 1.54) is 11.1 Å². The lowest BCUT2D eigenvalue weighted by atomic mass is 10.2. The van der Waals surface area contributed by atoms with Crippen LogP contribution < -0.4 is 5.56 Å². The van der Waals surface area contributed by atoms with Crippen molar-refractivity contribution in [1.29, 1.82) is 0 Å². The Kier molecular flexibility index (Phi) is 6.70. The minimum absolute atomic E-state index is 0.00165. The molecule has 2 aromatic rings. The number of carbonyl (C=O) groups is 1. The lowest BCUT2D eigenvalue weighted by Crippen LogP contribution is -2.38. The van der Waals surface area contributed by atoms with E-state index in [1.807, 2.05) is 0 Å². The third kappa shape index (κ3) is 6.26. The molecule has 1 aliphatic carbocycles. The number of aromatic amines is 1. The van der Waals surface area contributed by atoms with Gasteiger partial charge in [-0.25, -0.2) is 14.5 Å². The summed E-state index contributed by atoms with van der Waals surface area (Å²) in [6.07, 6.45) is 4.98. The summed E-state index contributed by atoms with van der Waals surface area (Å²) in [5.74, 6) is -0.251. The maximum atomic E-state index is 12.6. The summed E-state index contributed by atoms with van der Waals surface area (Å²) >= 11 is 0. The highest BCUT2D eigenvalue weighted by molar-refractivity contribution is 7.85. The number of hydrogen-bond donors (Lipinski definition) is 2.